The van der Waals surface area contributed by atoms with Crippen molar-refractivity contribution in [2.24, 2.45) is 4.99 Å². The quantitative estimate of drug-likeness (QED) is 0.479. The van der Waals surface area contributed by atoms with E-state index in [4.69, 9.17) is 13.9 Å². The summed E-state index contributed by atoms with van der Waals surface area (Å²) in [6.45, 7) is 1.91. The van der Waals surface area contributed by atoms with Crippen LogP contribution in [-0.2, 0) is 14.3 Å². The Morgan fingerprint density at radius 3 is 2.71 bits per heavy atom. The van der Waals surface area contributed by atoms with Crippen LogP contribution in [0.4, 0.5) is 0 Å². The van der Waals surface area contributed by atoms with Crippen molar-refractivity contribution in [2.75, 3.05) is 0 Å². The van der Waals surface area contributed by atoms with Gasteiger partial charge in [0, 0.05) is 6.42 Å². The highest BCUT2D eigenvalue weighted by Crippen LogP contribution is 2.21. The summed E-state index contributed by atoms with van der Waals surface area (Å²) in [7, 11) is 0. The zero-order valence-corrected chi connectivity index (χ0v) is 13.0. The maximum atomic E-state index is 11.9. The van der Waals surface area contributed by atoms with Crippen molar-refractivity contribution in [3.63, 3.8) is 0 Å². The molecule has 1 aliphatic heterocycles. The van der Waals surface area contributed by atoms with Gasteiger partial charge in [0.15, 0.2) is 11.5 Å². The van der Waals surface area contributed by atoms with Gasteiger partial charge >= 0.3 is 11.9 Å². The van der Waals surface area contributed by atoms with Crippen molar-refractivity contribution in [3.05, 3.63) is 59.7 Å². The molecular weight excluding hydrogens is 310 g/mol. The van der Waals surface area contributed by atoms with Gasteiger partial charge in [-0.15, -0.1) is 0 Å². The molecule has 122 valence electrons. The molecule has 0 radical (unpaired) electrons. The summed E-state index contributed by atoms with van der Waals surface area (Å²) in [6, 6.07) is 10.1. The molecule has 0 bridgehead atoms. The van der Waals surface area contributed by atoms with Crippen molar-refractivity contribution < 1.29 is 23.5 Å². The number of cyclic esters (lactones) is 1. The van der Waals surface area contributed by atoms with E-state index in [0.29, 0.717) is 17.9 Å². The third-order valence-corrected chi connectivity index (χ3v) is 3.22. The van der Waals surface area contributed by atoms with Crippen molar-refractivity contribution in [2.45, 2.75) is 19.8 Å². The normalized spacial score (nSPS) is 15.3. The fourth-order valence-corrected chi connectivity index (χ4v) is 2.09. The van der Waals surface area contributed by atoms with E-state index in [9.17, 15) is 9.59 Å². The number of hydrogen-bond donors (Lipinski definition) is 0. The molecule has 1 aromatic carbocycles. The zero-order valence-electron chi connectivity index (χ0n) is 13.0. The highest BCUT2D eigenvalue weighted by molar-refractivity contribution is 6.11. The van der Waals surface area contributed by atoms with Crippen LogP contribution in [0.2, 0.25) is 0 Å². The number of esters is 2. The van der Waals surface area contributed by atoms with Gasteiger partial charge in [-0.05, 0) is 42.3 Å². The van der Waals surface area contributed by atoms with Gasteiger partial charge in [-0.1, -0.05) is 19.1 Å². The van der Waals surface area contributed by atoms with Crippen molar-refractivity contribution in [3.8, 4) is 5.75 Å². The van der Waals surface area contributed by atoms with Gasteiger partial charge in [0.2, 0.25) is 0 Å². The molecule has 0 aliphatic carbocycles. The third-order valence-electron chi connectivity index (χ3n) is 3.22. The molecule has 0 saturated carbocycles. The molecule has 24 heavy (non-hydrogen) atoms. The van der Waals surface area contributed by atoms with E-state index in [1.807, 2.05) is 6.92 Å². The second kappa shape index (κ2) is 6.95. The standard InChI is InChI=1S/C18H15NO5/c1-2-4-16(20)23-13-8-6-12(7-9-13)11-14-18(21)24-17(19-14)15-5-3-10-22-15/h3,5-11H,2,4H2,1H3/b14-11-. The molecule has 3 rings (SSSR count). The lowest BCUT2D eigenvalue weighted by Gasteiger charge is -2.03. The highest BCUT2D eigenvalue weighted by atomic mass is 16.6. The number of ether oxygens (including phenoxy) is 2. The van der Waals surface area contributed by atoms with E-state index in [-0.39, 0.29) is 17.6 Å². The van der Waals surface area contributed by atoms with E-state index in [2.05, 4.69) is 4.99 Å². The topological polar surface area (TPSA) is 78.1 Å². The fourth-order valence-electron chi connectivity index (χ4n) is 2.09. The minimum Gasteiger partial charge on any atom is -0.459 e. The predicted molar refractivity (Wildman–Crippen MR) is 86.3 cm³/mol. The largest absolute Gasteiger partial charge is 0.459 e. The third kappa shape index (κ3) is 3.60. The van der Waals surface area contributed by atoms with Crippen molar-refractivity contribution >= 4 is 23.9 Å². The highest BCUT2D eigenvalue weighted by Gasteiger charge is 2.25. The fraction of sp³-hybridized carbons (Fsp3) is 0.167. The summed E-state index contributed by atoms with van der Waals surface area (Å²) >= 11 is 0. The number of carbonyl (C=O) groups is 2. The van der Waals surface area contributed by atoms with Crippen LogP contribution in [0.1, 0.15) is 31.1 Å². The predicted octanol–water partition coefficient (Wildman–Crippen LogP) is 3.33. The minimum absolute atomic E-state index is 0.140. The summed E-state index contributed by atoms with van der Waals surface area (Å²) < 4.78 is 15.4. The number of hydrogen-bond acceptors (Lipinski definition) is 6. The SMILES string of the molecule is CCCC(=O)Oc1ccc(/C=C2\N=C(c3ccco3)OC2=O)cc1. The molecule has 0 atom stereocenters. The molecule has 0 saturated heterocycles. The van der Waals surface area contributed by atoms with Crippen LogP contribution in [0.3, 0.4) is 0 Å². The van der Waals surface area contributed by atoms with Crippen LogP contribution in [-0.4, -0.2) is 17.8 Å². The molecule has 6 nitrogen and oxygen atoms in total. The molecule has 0 spiro atoms. The number of aliphatic imine (C=N–C) groups is 1. The Balaban J connectivity index is 1.74. The summed E-state index contributed by atoms with van der Waals surface area (Å²) in [5.74, 6) is 0.186. The van der Waals surface area contributed by atoms with Gasteiger partial charge < -0.3 is 13.9 Å². The van der Waals surface area contributed by atoms with E-state index in [0.717, 1.165) is 12.0 Å². The Hall–Kier alpha value is -3.15. The van der Waals surface area contributed by atoms with Crippen LogP contribution in [0, 0.1) is 0 Å². The van der Waals surface area contributed by atoms with Gasteiger partial charge in [0.1, 0.15) is 5.75 Å². The van der Waals surface area contributed by atoms with Gasteiger partial charge in [-0.3, -0.25) is 4.79 Å². The Kier molecular flexibility index (Phi) is 4.56. The van der Waals surface area contributed by atoms with Gasteiger partial charge in [0.05, 0.1) is 6.26 Å². The Labute approximate surface area is 138 Å². The first-order valence-electron chi connectivity index (χ1n) is 7.53. The van der Waals surface area contributed by atoms with Crippen LogP contribution in [0.5, 0.6) is 5.75 Å². The van der Waals surface area contributed by atoms with Crippen LogP contribution >= 0.6 is 0 Å². The molecular formula is C18H15NO5. The van der Waals surface area contributed by atoms with Gasteiger partial charge in [-0.25, -0.2) is 9.79 Å². The van der Waals surface area contributed by atoms with E-state index >= 15 is 0 Å². The van der Waals surface area contributed by atoms with Crippen molar-refractivity contribution in [1.29, 1.82) is 0 Å². The molecule has 0 amide bonds. The molecule has 0 N–H and O–H groups in total. The number of furan rings is 1. The summed E-state index contributed by atoms with van der Waals surface area (Å²) in [5.41, 5.74) is 0.916. The first kappa shape index (κ1) is 15.7. The molecule has 0 fully saturated rings. The molecule has 2 heterocycles. The number of rotatable bonds is 5. The average molecular weight is 325 g/mol. The first-order valence-corrected chi connectivity index (χ1v) is 7.53. The molecule has 0 unspecified atom stereocenters. The smallest absolute Gasteiger partial charge is 0.363 e. The molecule has 6 heteroatoms. The Morgan fingerprint density at radius 1 is 1.25 bits per heavy atom. The lowest BCUT2D eigenvalue weighted by molar-refractivity contribution is -0.134. The molecule has 1 aromatic heterocycles. The minimum atomic E-state index is -0.542. The van der Waals surface area contributed by atoms with Crippen molar-refractivity contribution in [1.82, 2.24) is 0 Å². The monoisotopic (exact) mass is 325 g/mol. The summed E-state index contributed by atoms with van der Waals surface area (Å²) in [6.07, 6.45) is 4.19. The average Bonchev–Trinajstić information content (AvgIpc) is 3.20. The van der Waals surface area contributed by atoms with Gasteiger partial charge in [0.25, 0.3) is 5.90 Å². The number of carbonyl (C=O) groups excluding carboxylic acids is 2. The number of nitrogens with zero attached hydrogens (tertiary/aromatic N) is 1. The maximum absolute atomic E-state index is 11.9. The summed E-state index contributed by atoms with van der Waals surface area (Å²) in [5, 5.41) is 0. The second-order valence-electron chi connectivity index (χ2n) is 5.11. The van der Waals surface area contributed by atoms with Crippen LogP contribution in [0.15, 0.2) is 57.8 Å². The summed E-state index contributed by atoms with van der Waals surface area (Å²) in [4.78, 5) is 27.4. The lowest BCUT2D eigenvalue weighted by atomic mass is 10.2. The molecule has 1 aliphatic rings. The number of benzene rings is 1. The Bertz CT molecular complexity index is 800. The lowest BCUT2D eigenvalue weighted by Crippen LogP contribution is -2.06. The van der Waals surface area contributed by atoms with Crippen LogP contribution < -0.4 is 4.74 Å². The van der Waals surface area contributed by atoms with E-state index < -0.39 is 5.97 Å². The zero-order chi connectivity index (χ0) is 16.9. The van der Waals surface area contributed by atoms with Gasteiger partial charge in [-0.2, -0.15) is 0 Å². The van der Waals surface area contributed by atoms with E-state index in [1.165, 1.54) is 6.26 Å². The molecule has 2 aromatic rings. The van der Waals surface area contributed by atoms with E-state index in [1.54, 1.807) is 42.5 Å². The first-order chi connectivity index (χ1) is 11.7. The van der Waals surface area contributed by atoms with Crippen LogP contribution in [0.25, 0.3) is 6.08 Å². The maximum Gasteiger partial charge on any atom is 0.363 e. The second-order valence-corrected chi connectivity index (χ2v) is 5.11. The Morgan fingerprint density at radius 2 is 2.04 bits per heavy atom.